The molecule has 142 valence electrons. The van der Waals surface area contributed by atoms with E-state index < -0.39 is 0 Å². The summed E-state index contributed by atoms with van der Waals surface area (Å²) in [5, 5.41) is 5.03. The van der Waals surface area contributed by atoms with Gasteiger partial charge in [0, 0.05) is 6.42 Å². The Morgan fingerprint density at radius 1 is 1.11 bits per heavy atom. The second-order valence-electron chi connectivity index (χ2n) is 8.20. The Morgan fingerprint density at radius 3 is 2.75 bits per heavy atom. The zero-order valence-corrected chi connectivity index (χ0v) is 16.3. The molecule has 0 radical (unpaired) electrons. The van der Waals surface area contributed by atoms with Crippen LogP contribution in [0.2, 0.25) is 0 Å². The molecule has 0 atom stereocenters. The third kappa shape index (κ3) is 3.20. The summed E-state index contributed by atoms with van der Waals surface area (Å²) in [5.41, 5.74) is 2.62. The van der Waals surface area contributed by atoms with Crippen LogP contribution in [0.1, 0.15) is 30.4 Å². The van der Waals surface area contributed by atoms with E-state index in [-0.39, 0.29) is 5.97 Å². The van der Waals surface area contributed by atoms with Crippen LogP contribution in [0, 0.1) is 5.92 Å². The van der Waals surface area contributed by atoms with Crippen molar-refractivity contribution in [2.24, 2.45) is 5.92 Å². The minimum absolute atomic E-state index is 0.0974. The number of esters is 1. The van der Waals surface area contributed by atoms with Crippen molar-refractivity contribution in [3.8, 4) is 0 Å². The summed E-state index contributed by atoms with van der Waals surface area (Å²) in [6.07, 6.45) is 14.0. The third-order valence-electron chi connectivity index (χ3n) is 6.29. The van der Waals surface area contributed by atoms with Crippen LogP contribution in [0.15, 0.2) is 42.2 Å². The fourth-order valence-electron chi connectivity index (χ4n) is 4.63. The van der Waals surface area contributed by atoms with E-state index in [1.807, 2.05) is 12.2 Å². The molecule has 0 amide bonds. The zero-order chi connectivity index (χ0) is 19.1. The van der Waals surface area contributed by atoms with E-state index in [9.17, 15) is 4.79 Å². The van der Waals surface area contributed by atoms with Crippen molar-refractivity contribution in [2.45, 2.75) is 25.7 Å². The van der Waals surface area contributed by atoms with Crippen molar-refractivity contribution in [3.63, 3.8) is 0 Å². The summed E-state index contributed by atoms with van der Waals surface area (Å²) < 4.78 is 5.70. The molecule has 5 rings (SSSR count). The van der Waals surface area contributed by atoms with Gasteiger partial charge in [-0.2, -0.15) is 0 Å². The number of nitrogens with zero attached hydrogens (tertiary/aromatic N) is 1. The highest BCUT2D eigenvalue weighted by atomic mass is 16.5. The van der Waals surface area contributed by atoms with Crippen LogP contribution >= 0.6 is 0 Å². The SMILES string of the molecule is CN1CCC(CC(=O)OC2=CCc3c(ccc4c5c(ccc34)=CC=C5)=C2)CC1. The summed E-state index contributed by atoms with van der Waals surface area (Å²) >= 11 is 0. The standard InChI is InChI=1S/C25H25NO2/c1-26-13-11-17(12-14-26)15-25(27)28-20-7-10-22-19(16-20)6-9-23-21-4-2-3-18(21)5-8-24(22)23/h2-9,16-17H,10-15H2,1H3. The number of carbonyl (C=O) groups excluding carboxylic acids is 1. The normalized spacial score (nSPS) is 18.8. The fourth-order valence-corrected chi connectivity index (χ4v) is 4.63. The number of carbonyl (C=O) groups is 1. The molecule has 0 N–H and O–H groups in total. The maximum atomic E-state index is 12.4. The molecule has 3 nitrogen and oxygen atoms in total. The van der Waals surface area contributed by atoms with Gasteiger partial charge in [0.05, 0.1) is 0 Å². The molecular formula is C25H25NO2. The van der Waals surface area contributed by atoms with Gasteiger partial charge in [-0.25, -0.2) is 0 Å². The highest BCUT2D eigenvalue weighted by Crippen LogP contribution is 2.24. The maximum Gasteiger partial charge on any atom is 0.311 e. The van der Waals surface area contributed by atoms with E-state index in [2.05, 4.69) is 54.4 Å². The third-order valence-corrected chi connectivity index (χ3v) is 6.29. The first kappa shape index (κ1) is 17.4. The van der Waals surface area contributed by atoms with Gasteiger partial charge in [0.1, 0.15) is 5.76 Å². The summed E-state index contributed by atoms with van der Waals surface area (Å²) in [7, 11) is 2.14. The number of piperidine rings is 1. The predicted molar refractivity (Wildman–Crippen MR) is 114 cm³/mol. The lowest BCUT2D eigenvalue weighted by atomic mass is 9.93. The maximum absolute atomic E-state index is 12.4. The van der Waals surface area contributed by atoms with Gasteiger partial charge < -0.3 is 9.64 Å². The lowest BCUT2D eigenvalue weighted by molar-refractivity contribution is -0.140. The molecule has 2 aromatic carbocycles. The Morgan fingerprint density at radius 2 is 1.89 bits per heavy atom. The number of likely N-dealkylation sites (tertiary alicyclic amines) is 1. The molecule has 1 heterocycles. The quantitative estimate of drug-likeness (QED) is 0.777. The van der Waals surface area contributed by atoms with Gasteiger partial charge in [0.25, 0.3) is 0 Å². The highest BCUT2D eigenvalue weighted by Gasteiger charge is 2.21. The smallest absolute Gasteiger partial charge is 0.311 e. The average molecular weight is 371 g/mol. The van der Waals surface area contributed by atoms with Crippen molar-refractivity contribution in [1.82, 2.24) is 4.90 Å². The van der Waals surface area contributed by atoms with Gasteiger partial charge in [0.15, 0.2) is 0 Å². The molecule has 3 aliphatic rings. The molecule has 0 saturated carbocycles. The molecule has 1 fully saturated rings. The van der Waals surface area contributed by atoms with Crippen LogP contribution in [0.4, 0.5) is 0 Å². The molecule has 1 aliphatic heterocycles. The van der Waals surface area contributed by atoms with Crippen molar-refractivity contribution < 1.29 is 9.53 Å². The molecule has 1 saturated heterocycles. The summed E-state index contributed by atoms with van der Waals surface area (Å²) in [5.74, 6) is 1.05. The monoisotopic (exact) mass is 371 g/mol. The number of allylic oxidation sites excluding steroid dienone is 3. The minimum Gasteiger partial charge on any atom is -0.427 e. The van der Waals surface area contributed by atoms with Gasteiger partial charge >= 0.3 is 5.97 Å². The van der Waals surface area contributed by atoms with E-state index in [1.165, 1.54) is 27.1 Å². The molecule has 0 unspecified atom stereocenters. The van der Waals surface area contributed by atoms with Crippen LogP contribution in [-0.2, 0) is 16.0 Å². The molecule has 0 aromatic heterocycles. The molecule has 28 heavy (non-hydrogen) atoms. The largest absolute Gasteiger partial charge is 0.427 e. The molecule has 3 heteroatoms. The van der Waals surface area contributed by atoms with Crippen LogP contribution < -0.4 is 10.4 Å². The van der Waals surface area contributed by atoms with E-state index in [0.717, 1.165) is 37.6 Å². The topological polar surface area (TPSA) is 29.5 Å². The molecule has 0 bridgehead atoms. The van der Waals surface area contributed by atoms with E-state index in [0.29, 0.717) is 18.1 Å². The van der Waals surface area contributed by atoms with E-state index in [4.69, 9.17) is 4.74 Å². The Balaban J connectivity index is 1.35. The minimum atomic E-state index is -0.0974. The Kier molecular flexibility index (Phi) is 4.40. The second kappa shape index (κ2) is 7.06. The van der Waals surface area contributed by atoms with Crippen molar-refractivity contribution >= 4 is 35.0 Å². The Hall–Kier alpha value is -2.65. The first-order valence-corrected chi connectivity index (χ1v) is 10.2. The zero-order valence-electron chi connectivity index (χ0n) is 16.3. The van der Waals surface area contributed by atoms with Crippen LogP contribution in [0.5, 0.6) is 0 Å². The lowest BCUT2D eigenvalue weighted by Crippen LogP contribution is -2.31. The van der Waals surface area contributed by atoms with Crippen LogP contribution in [0.25, 0.3) is 29.0 Å². The summed E-state index contributed by atoms with van der Waals surface area (Å²) in [4.78, 5) is 14.7. The Labute approximate surface area is 165 Å². The van der Waals surface area contributed by atoms with Crippen molar-refractivity contribution in [2.75, 3.05) is 20.1 Å². The first-order chi connectivity index (χ1) is 13.7. The van der Waals surface area contributed by atoms with Gasteiger partial charge in [-0.3, -0.25) is 4.79 Å². The number of ether oxygens (including phenoxy) is 1. The molecular weight excluding hydrogens is 346 g/mol. The number of hydrogen-bond acceptors (Lipinski definition) is 3. The molecule has 0 spiro atoms. The van der Waals surface area contributed by atoms with Crippen LogP contribution in [-0.4, -0.2) is 31.0 Å². The van der Waals surface area contributed by atoms with E-state index in [1.54, 1.807) is 0 Å². The van der Waals surface area contributed by atoms with Crippen LogP contribution in [0.3, 0.4) is 0 Å². The number of hydrogen-bond donors (Lipinski definition) is 0. The van der Waals surface area contributed by atoms with Gasteiger partial charge in [-0.05, 0) is 89.8 Å². The predicted octanol–water partition coefficient (Wildman–Crippen LogP) is 3.14. The molecule has 2 aromatic rings. The highest BCUT2D eigenvalue weighted by molar-refractivity contribution is 5.96. The van der Waals surface area contributed by atoms with Gasteiger partial charge in [-0.15, -0.1) is 0 Å². The lowest BCUT2D eigenvalue weighted by Gasteiger charge is -2.28. The first-order valence-electron chi connectivity index (χ1n) is 10.2. The van der Waals surface area contributed by atoms with Gasteiger partial charge in [0.2, 0.25) is 0 Å². The number of fused-ring (bicyclic) bond motifs is 5. The van der Waals surface area contributed by atoms with Crippen molar-refractivity contribution in [3.05, 3.63) is 63.7 Å². The number of rotatable bonds is 3. The van der Waals surface area contributed by atoms with Crippen molar-refractivity contribution in [1.29, 1.82) is 0 Å². The van der Waals surface area contributed by atoms with E-state index >= 15 is 0 Å². The fraction of sp³-hybridized carbons (Fsp3) is 0.320. The summed E-state index contributed by atoms with van der Waals surface area (Å²) in [6, 6.07) is 8.76. The molecule has 2 aliphatic carbocycles. The summed E-state index contributed by atoms with van der Waals surface area (Å²) in [6.45, 7) is 2.15. The number of benzene rings is 2. The average Bonchev–Trinajstić information content (AvgIpc) is 3.18. The van der Waals surface area contributed by atoms with Gasteiger partial charge in [-0.1, -0.05) is 42.5 Å². The second-order valence-corrected chi connectivity index (χ2v) is 8.20. The Bertz CT molecular complexity index is 1130.